The molecule has 7 aliphatic rings. The van der Waals surface area contributed by atoms with Gasteiger partial charge in [0.25, 0.3) is 6.47 Å². The Hall–Kier alpha value is -1.28. The van der Waals surface area contributed by atoms with Gasteiger partial charge in [-0.15, -0.1) is 0 Å². The highest BCUT2D eigenvalue weighted by molar-refractivity contribution is 5.72. The van der Waals surface area contributed by atoms with Gasteiger partial charge in [0.15, 0.2) is 0 Å². The summed E-state index contributed by atoms with van der Waals surface area (Å²) in [5, 5.41) is 6.89. The molecule has 2 saturated heterocycles. The van der Waals surface area contributed by atoms with Crippen molar-refractivity contribution in [3.05, 3.63) is 11.6 Å². The van der Waals surface area contributed by atoms with E-state index in [4.69, 9.17) is 25.2 Å². The van der Waals surface area contributed by atoms with Gasteiger partial charge in [-0.3, -0.25) is 9.63 Å². The van der Waals surface area contributed by atoms with Crippen LogP contribution >= 0.6 is 0 Å². The summed E-state index contributed by atoms with van der Waals surface area (Å²) in [6.45, 7) is 24.4. The van der Waals surface area contributed by atoms with E-state index < -0.39 is 0 Å². The number of nitrogens with one attached hydrogen (secondary N) is 1. The number of nitrogens with two attached hydrogens (primary N) is 1. The predicted molar refractivity (Wildman–Crippen MR) is 178 cm³/mol. The largest absolute Gasteiger partial charge is 0.483 e. The first kappa shape index (κ1) is 37.2. The molecule has 0 aromatic heterocycles. The average molecular weight is 619 g/mol. The molecular weight excluding hydrogens is 552 g/mol. The highest BCUT2D eigenvalue weighted by Crippen LogP contribution is 2.81. The number of fused-ring (bicyclic) bond motifs is 6. The van der Waals surface area contributed by atoms with E-state index in [1.165, 1.54) is 58.8 Å². The van der Waals surface area contributed by atoms with Crippen LogP contribution in [0.3, 0.4) is 0 Å². The molecule has 44 heavy (non-hydrogen) atoms. The molecule has 2 spiro atoms. The van der Waals surface area contributed by atoms with E-state index in [-0.39, 0.29) is 24.0 Å². The fraction of sp³-hybridized carbons (Fsp3) is 0.892. The number of hydroxylamine groups is 1. The molecule has 7 heteroatoms. The van der Waals surface area contributed by atoms with Gasteiger partial charge in [-0.05, 0) is 112 Å². The Morgan fingerprint density at radius 2 is 1.75 bits per heavy atom. The molecular formula is C37H66N2O5. The van der Waals surface area contributed by atoms with Crippen LogP contribution in [0.4, 0.5) is 0 Å². The van der Waals surface area contributed by atoms with Gasteiger partial charge in [0.2, 0.25) is 0 Å². The Morgan fingerprint density at radius 3 is 2.34 bits per heavy atom. The second-order valence-electron chi connectivity index (χ2n) is 16.0. The molecule has 2 bridgehead atoms. The van der Waals surface area contributed by atoms with E-state index in [1.807, 2.05) is 19.4 Å². The first-order valence-corrected chi connectivity index (χ1v) is 17.7. The van der Waals surface area contributed by atoms with E-state index in [0.29, 0.717) is 34.1 Å². The number of allylic oxidation sites excluding steroid dienone is 1. The highest BCUT2D eigenvalue weighted by atomic mass is 16.7. The van der Waals surface area contributed by atoms with Crippen molar-refractivity contribution in [3.8, 4) is 0 Å². The summed E-state index contributed by atoms with van der Waals surface area (Å²) in [5.74, 6) is 3.70. The minimum Gasteiger partial charge on any atom is -0.483 e. The quantitative estimate of drug-likeness (QED) is 0.122. The second-order valence-corrected chi connectivity index (χ2v) is 16.0. The number of hydrogen-bond acceptors (Lipinski definition) is 6. The number of rotatable bonds is 6. The summed E-state index contributed by atoms with van der Waals surface area (Å²) in [5.41, 5.74) is 12.4. The van der Waals surface area contributed by atoms with Gasteiger partial charge in [-0.25, -0.2) is 5.48 Å². The molecule has 254 valence electrons. The van der Waals surface area contributed by atoms with Crippen molar-refractivity contribution >= 4 is 12.3 Å². The minimum absolute atomic E-state index is 0.101. The molecule has 5 aliphatic carbocycles. The molecule has 7 rings (SSSR count). The fourth-order valence-corrected chi connectivity index (χ4v) is 10.8. The molecule has 0 amide bonds. The van der Waals surface area contributed by atoms with Crippen LogP contribution in [0.25, 0.3) is 0 Å². The number of ketones is 1. The van der Waals surface area contributed by atoms with Crippen LogP contribution in [0.1, 0.15) is 127 Å². The van der Waals surface area contributed by atoms with Crippen molar-refractivity contribution in [1.82, 2.24) is 5.48 Å². The molecule has 6 fully saturated rings. The van der Waals surface area contributed by atoms with Crippen molar-refractivity contribution < 1.29 is 24.3 Å². The summed E-state index contributed by atoms with van der Waals surface area (Å²) in [6, 6.07) is 0. The van der Waals surface area contributed by atoms with Gasteiger partial charge in [0.05, 0.1) is 18.3 Å². The zero-order valence-corrected chi connectivity index (χ0v) is 29.8. The van der Waals surface area contributed by atoms with E-state index in [0.717, 1.165) is 49.7 Å². The number of Topliss-reactive ketones (excluding diaryl/α,β-unsaturated/α-hetero) is 1. The lowest BCUT2D eigenvalue weighted by Gasteiger charge is -2.65. The Labute approximate surface area is 268 Å². The molecule has 4 N–H and O–H groups in total. The lowest BCUT2D eigenvalue weighted by molar-refractivity contribution is -0.150. The molecule has 0 radical (unpaired) electrons. The second kappa shape index (κ2) is 14.2. The first-order chi connectivity index (χ1) is 20.7. The van der Waals surface area contributed by atoms with Crippen molar-refractivity contribution in [3.63, 3.8) is 0 Å². The molecule has 10 atom stereocenters. The van der Waals surface area contributed by atoms with Crippen molar-refractivity contribution in [2.45, 2.75) is 139 Å². The van der Waals surface area contributed by atoms with Crippen LogP contribution in [0.2, 0.25) is 0 Å². The fourth-order valence-electron chi connectivity index (χ4n) is 10.8. The number of hydrogen-bond donors (Lipinski definition) is 3. The Bertz CT molecular complexity index is 1030. The lowest BCUT2D eigenvalue weighted by atomic mass is 9.40. The van der Waals surface area contributed by atoms with Gasteiger partial charge in [-0.1, -0.05) is 67.0 Å². The van der Waals surface area contributed by atoms with Crippen LogP contribution in [0.15, 0.2) is 11.6 Å². The van der Waals surface area contributed by atoms with Crippen molar-refractivity contribution in [2.75, 3.05) is 19.7 Å². The van der Waals surface area contributed by atoms with E-state index in [1.54, 1.807) is 0 Å². The number of carbonyl (C=O) groups is 2. The van der Waals surface area contributed by atoms with Gasteiger partial charge in [-0.2, -0.15) is 0 Å². The van der Waals surface area contributed by atoms with Crippen LogP contribution in [0, 0.1) is 51.2 Å². The van der Waals surface area contributed by atoms with E-state index >= 15 is 0 Å². The molecule has 2 aliphatic heterocycles. The topological polar surface area (TPSA) is 111 Å². The number of ether oxygens (including phenoxy) is 1. The summed E-state index contributed by atoms with van der Waals surface area (Å²) < 4.78 is 6.82. The molecule has 7 nitrogen and oxygen atoms in total. The molecule has 2 heterocycles. The van der Waals surface area contributed by atoms with Crippen LogP contribution < -0.4 is 11.2 Å². The van der Waals surface area contributed by atoms with Gasteiger partial charge in [0, 0.05) is 24.4 Å². The zero-order chi connectivity index (χ0) is 33.1. The van der Waals surface area contributed by atoms with Crippen molar-refractivity contribution in [1.29, 1.82) is 0 Å². The van der Waals surface area contributed by atoms with Crippen LogP contribution in [0.5, 0.6) is 0 Å². The minimum atomic E-state index is -0.250. The van der Waals surface area contributed by atoms with Gasteiger partial charge >= 0.3 is 0 Å². The predicted octanol–water partition coefficient (Wildman–Crippen LogP) is 7.58. The summed E-state index contributed by atoms with van der Waals surface area (Å²) >= 11 is 0. The molecule has 0 aromatic rings. The maximum absolute atomic E-state index is 9.44. The SMILES string of the molecule is CC.CC(C)=O.CC(C)[C@@H](C)[C@@]1(C)CCC2(C)C3CCC4C5COC6(CCC5ONCCN)CC46C3=CC[C@@]2(C)C1.O=CO. The lowest BCUT2D eigenvalue weighted by Crippen LogP contribution is -2.58. The third-order valence-electron chi connectivity index (χ3n) is 13.4. The van der Waals surface area contributed by atoms with E-state index in [9.17, 15) is 4.79 Å². The Kier molecular flexibility index (Phi) is 12.0. The standard InChI is InChI=1S/C31H52N2O2.C3H6O.C2H6.CH2O2/c1-20(2)21(3)27(4)13-14-29(6)24-8-7-23-22-17-34-30(12-10-26(22)35-33-16-15-32)19-31(23,30)25(24)9-11-28(29,5)18-27;1-3(2)4;1-2;2-1-3/h9,20-24,26,33H,7-8,10-19,32H2,1-6H3;1-2H3;1-2H3;1H,(H,2,3)/t21-,22?,23?,24?,26?,27+,28+,29?,30?,31?;;;/m1.../s1. The zero-order valence-electron chi connectivity index (χ0n) is 29.8. The molecule has 4 saturated carbocycles. The number of carboxylic acid groups (broad SMARTS) is 1. The normalized spacial score (nSPS) is 43.2. The number of carbonyl (C=O) groups excluding carboxylic acids is 1. The molecule has 0 aromatic carbocycles. The average Bonchev–Trinajstić information content (AvgIpc) is 3.69. The maximum Gasteiger partial charge on any atom is 0.290 e. The van der Waals surface area contributed by atoms with Gasteiger partial charge < -0.3 is 20.4 Å². The Balaban J connectivity index is 0.000000528. The van der Waals surface area contributed by atoms with Crippen molar-refractivity contribution in [2.24, 2.45) is 57.0 Å². The third-order valence-corrected chi connectivity index (χ3v) is 13.4. The Morgan fingerprint density at radius 1 is 1.11 bits per heavy atom. The van der Waals surface area contributed by atoms with Crippen LogP contribution in [-0.2, 0) is 19.2 Å². The van der Waals surface area contributed by atoms with E-state index in [2.05, 4.69) is 53.1 Å². The molecule has 7 unspecified atom stereocenters. The maximum atomic E-state index is 9.44. The third kappa shape index (κ3) is 6.21. The van der Waals surface area contributed by atoms with Crippen LogP contribution in [-0.4, -0.2) is 48.8 Å². The monoisotopic (exact) mass is 618 g/mol. The highest BCUT2D eigenvalue weighted by Gasteiger charge is 2.80. The summed E-state index contributed by atoms with van der Waals surface area (Å²) in [7, 11) is 0. The first-order valence-electron chi connectivity index (χ1n) is 17.7. The summed E-state index contributed by atoms with van der Waals surface area (Å²) in [6.07, 6.45) is 14.8. The summed E-state index contributed by atoms with van der Waals surface area (Å²) in [4.78, 5) is 24.0. The smallest absolute Gasteiger partial charge is 0.290 e. The van der Waals surface area contributed by atoms with Gasteiger partial charge in [0.1, 0.15) is 5.78 Å².